The van der Waals surface area contributed by atoms with Crippen molar-refractivity contribution in [1.82, 2.24) is 4.98 Å². The van der Waals surface area contributed by atoms with E-state index < -0.39 is 18.0 Å². The summed E-state index contributed by atoms with van der Waals surface area (Å²) in [5.74, 6) is -1.93. The molecule has 0 amide bonds. The number of rotatable bonds is 4. The Labute approximate surface area is 128 Å². The molecule has 0 radical (unpaired) electrons. The van der Waals surface area contributed by atoms with E-state index in [1.165, 1.54) is 0 Å². The van der Waals surface area contributed by atoms with Crippen LogP contribution in [0.15, 0.2) is 54.9 Å². The highest BCUT2D eigenvalue weighted by molar-refractivity contribution is 5.73. The second kappa shape index (κ2) is 12.1. The first kappa shape index (κ1) is 19.4. The molecule has 0 unspecified atom stereocenters. The number of nitrogens with two attached hydrogens (primary N) is 2. The minimum Gasteiger partial charge on any atom is -0.480 e. The van der Waals surface area contributed by atoms with E-state index >= 15 is 0 Å². The summed E-state index contributed by atoms with van der Waals surface area (Å²) in [6.45, 7) is -0.278. The first-order valence-corrected chi connectivity index (χ1v) is 6.49. The van der Waals surface area contributed by atoms with Crippen LogP contribution in [0.4, 0.5) is 0 Å². The predicted molar refractivity (Wildman–Crippen MR) is 83.2 cm³/mol. The average Bonchev–Trinajstić information content (AvgIpc) is 3.08. The summed E-state index contributed by atoms with van der Waals surface area (Å²) in [7, 11) is 0. The molecule has 2 aromatic rings. The van der Waals surface area contributed by atoms with Gasteiger partial charge in [0.2, 0.25) is 0 Å². The Bertz CT molecular complexity index is 498. The Morgan fingerprint density at radius 2 is 1.55 bits per heavy atom. The molecular formula is C15H21N3O4. The number of aromatic nitrogens is 1. The van der Waals surface area contributed by atoms with Crippen LogP contribution in [0.1, 0.15) is 5.56 Å². The van der Waals surface area contributed by atoms with Gasteiger partial charge in [-0.2, -0.15) is 0 Å². The molecule has 1 aromatic heterocycles. The Balaban J connectivity index is 0.000000363. The number of benzene rings is 1. The molecule has 0 saturated carbocycles. The van der Waals surface area contributed by atoms with Gasteiger partial charge in [-0.1, -0.05) is 30.3 Å². The molecule has 0 aliphatic rings. The summed E-state index contributed by atoms with van der Waals surface area (Å²) in [4.78, 5) is 22.5. The fraction of sp³-hybridized carbons (Fsp3) is 0.200. The van der Waals surface area contributed by atoms with E-state index in [-0.39, 0.29) is 6.54 Å². The lowest BCUT2D eigenvalue weighted by Gasteiger charge is -2.04. The highest BCUT2D eigenvalue weighted by Crippen LogP contribution is 2.01. The van der Waals surface area contributed by atoms with Crippen LogP contribution >= 0.6 is 0 Å². The van der Waals surface area contributed by atoms with Crippen molar-refractivity contribution in [2.45, 2.75) is 12.5 Å². The molecule has 0 aliphatic heterocycles. The maximum Gasteiger partial charge on any atom is 0.320 e. The fourth-order valence-corrected chi connectivity index (χ4v) is 1.23. The first-order chi connectivity index (χ1) is 10.5. The van der Waals surface area contributed by atoms with Gasteiger partial charge < -0.3 is 26.7 Å². The zero-order chi connectivity index (χ0) is 16.8. The Morgan fingerprint density at radius 3 is 1.86 bits per heavy atom. The van der Waals surface area contributed by atoms with Crippen LogP contribution in [0.5, 0.6) is 0 Å². The number of nitrogens with one attached hydrogen (secondary N) is 1. The Kier molecular flexibility index (Phi) is 10.7. The third kappa shape index (κ3) is 11.2. The van der Waals surface area contributed by atoms with E-state index in [0.29, 0.717) is 6.42 Å². The molecule has 0 spiro atoms. The molecule has 7 heteroatoms. The van der Waals surface area contributed by atoms with Gasteiger partial charge in [0.05, 0.1) is 6.54 Å². The van der Waals surface area contributed by atoms with Gasteiger partial charge in [0.1, 0.15) is 6.04 Å². The lowest BCUT2D eigenvalue weighted by atomic mass is 10.1. The van der Waals surface area contributed by atoms with Crippen LogP contribution < -0.4 is 11.5 Å². The largest absolute Gasteiger partial charge is 0.480 e. The predicted octanol–water partition coefficient (Wildman–Crippen LogP) is 0.685. The summed E-state index contributed by atoms with van der Waals surface area (Å²) >= 11 is 0. The molecule has 0 aliphatic carbocycles. The SMILES string of the molecule is NCC(=O)O.N[C@@H](Cc1ccccc1)C(=O)O.c1cc[nH]c1. The molecule has 22 heavy (non-hydrogen) atoms. The standard InChI is InChI=1S/C9H11NO2.C4H5N.C2H5NO2/c10-8(9(11)12)6-7-4-2-1-3-5-7;1-2-4-5-3-1;3-1-2(4)5/h1-5,8H,6,10H2,(H,11,12);1-5H;1,3H2,(H,4,5)/t8-;;/m0../s1. The van der Waals surface area contributed by atoms with Crippen molar-refractivity contribution >= 4 is 11.9 Å². The maximum atomic E-state index is 10.4. The van der Waals surface area contributed by atoms with Gasteiger partial charge in [0.15, 0.2) is 0 Å². The van der Waals surface area contributed by atoms with Crippen molar-refractivity contribution in [2.75, 3.05) is 6.54 Å². The average molecular weight is 307 g/mol. The first-order valence-electron chi connectivity index (χ1n) is 6.49. The van der Waals surface area contributed by atoms with Crippen molar-refractivity contribution in [2.24, 2.45) is 11.5 Å². The quantitative estimate of drug-likeness (QED) is 0.562. The molecular weight excluding hydrogens is 286 g/mol. The minimum absolute atomic E-state index is 0.278. The highest BCUT2D eigenvalue weighted by atomic mass is 16.4. The van der Waals surface area contributed by atoms with E-state index in [2.05, 4.69) is 10.7 Å². The van der Waals surface area contributed by atoms with Crippen molar-refractivity contribution in [3.05, 3.63) is 60.4 Å². The third-order valence-electron chi connectivity index (χ3n) is 2.29. The summed E-state index contributed by atoms with van der Waals surface area (Å²) in [5, 5.41) is 16.1. The lowest BCUT2D eigenvalue weighted by Crippen LogP contribution is -2.32. The van der Waals surface area contributed by atoms with E-state index in [4.69, 9.17) is 15.9 Å². The molecule has 1 heterocycles. The van der Waals surface area contributed by atoms with Crippen molar-refractivity contribution < 1.29 is 19.8 Å². The second-order valence-electron chi connectivity index (χ2n) is 4.12. The van der Waals surface area contributed by atoms with Crippen LogP contribution in [0.2, 0.25) is 0 Å². The fourth-order valence-electron chi connectivity index (χ4n) is 1.23. The second-order valence-corrected chi connectivity index (χ2v) is 4.12. The van der Waals surface area contributed by atoms with Gasteiger partial charge in [-0.05, 0) is 24.1 Å². The van der Waals surface area contributed by atoms with E-state index in [1.807, 2.05) is 54.9 Å². The Hall–Kier alpha value is -2.64. The van der Waals surface area contributed by atoms with Gasteiger partial charge in [0.25, 0.3) is 0 Å². The number of hydrogen-bond donors (Lipinski definition) is 5. The van der Waals surface area contributed by atoms with E-state index in [9.17, 15) is 9.59 Å². The van der Waals surface area contributed by atoms with Crippen LogP contribution in [0.3, 0.4) is 0 Å². The monoisotopic (exact) mass is 307 g/mol. The van der Waals surface area contributed by atoms with Gasteiger partial charge in [0, 0.05) is 12.4 Å². The van der Waals surface area contributed by atoms with Crippen molar-refractivity contribution in [1.29, 1.82) is 0 Å². The molecule has 0 fully saturated rings. The lowest BCUT2D eigenvalue weighted by molar-refractivity contribution is -0.138. The van der Waals surface area contributed by atoms with Gasteiger partial charge in [-0.3, -0.25) is 9.59 Å². The summed E-state index contributed by atoms with van der Waals surface area (Å²) in [6, 6.07) is 12.4. The third-order valence-corrected chi connectivity index (χ3v) is 2.29. The molecule has 7 nitrogen and oxygen atoms in total. The zero-order valence-electron chi connectivity index (χ0n) is 12.1. The van der Waals surface area contributed by atoms with Gasteiger partial charge in [-0.25, -0.2) is 0 Å². The van der Waals surface area contributed by atoms with Crippen LogP contribution in [0, 0.1) is 0 Å². The van der Waals surface area contributed by atoms with E-state index in [1.54, 1.807) is 0 Å². The molecule has 1 aromatic carbocycles. The highest BCUT2D eigenvalue weighted by Gasteiger charge is 2.10. The summed E-state index contributed by atoms with van der Waals surface area (Å²) in [6.07, 6.45) is 4.14. The smallest absolute Gasteiger partial charge is 0.320 e. The van der Waals surface area contributed by atoms with Gasteiger partial charge in [-0.15, -0.1) is 0 Å². The molecule has 0 saturated heterocycles. The topological polar surface area (TPSA) is 142 Å². The van der Waals surface area contributed by atoms with Crippen LogP contribution in [-0.2, 0) is 16.0 Å². The number of aliphatic carboxylic acids is 2. The summed E-state index contributed by atoms with van der Waals surface area (Å²) < 4.78 is 0. The number of carboxylic acid groups (broad SMARTS) is 2. The minimum atomic E-state index is -0.968. The molecule has 1 atom stereocenters. The molecule has 7 N–H and O–H groups in total. The number of carbonyl (C=O) groups is 2. The number of H-pyrrole nitrogens is 1. The number of hydrogen-bond acceptors (Lipinski definition) is 4. The zero-order valence-corrected chi connectivity index (χ0v) is 12.1. The van der Waals surface area contributed by atoms with Crippen molar-refractivity contribution in [3.8, 4) is 0 Å². The number of carboxylic acids is 2. The number of aromatic amines is 1. The van der Waals surface area contributed by atoms with Gasteiger partial charge >= 0.3 is 11.9 Å². The van der Waals surface area contributed by atoms with Crippen LogP contribution in [0.25, 0.3) is 0 Å². The maximum absolute atomic E-state index is 10.4. The Morgan fingerprint density at radius 1 is 1.05 bits per heavy atom. The van der Waals surface area contributed by atoms with Crippen molar-refractivity contribution in [3.63, 3.8) is 0 Å². The molecule has 2 rings (SSSR count). The summed E-state index contributed by atoms with van der Waals surface area (Å²) in [5.41, 5.74) is 10.9. The van der Waals surface area contributed by atoms with Crippen LogP contribution in [-0.4, -0.2) is 39.7 Å². The molecule has 120 valence electrons. The molecule has 0 bridgehead atoms. The van der Waals surface area contributed by atoms with E-state index in [0.717, 1.165) is 5.56 Å². The normalized spacial score (nSPS) is 10.3.